The highest BCUT2D eigenvalue weighted by Gasteiger charge is 2.12. The van der Waals surface area contributed by atoms with Crippen LogP contribution in [0.5, 0.6) is 5.75 Å². The van der Waals surface area contributed by atoms with Crippen LogP contribution in [-0.2, 0) is 19.3 Å². The molecule has 0 unspecified atom stereocenters. The largest absolute Gasteiger partial charge is 0.432 e. The summed E-state index contributed by atoms with van der Waals surface area (Å²) in [6.07, 6.45) is 4.47. The summed E-state index contributed by atoms with van der Waals surface area (Å²) in [5.74, 6) is 4.57. The topological polar surface area (TPSA) is 9.23 Å². The summed E-state index contributed by atoms with van der Waals surface area (Å²) in [6, 6.07) is 20.8. The minimum atomic E-state index is -3.09. The van der Waals surface area contributed by atoms with Gasteiger partial charge >= 0.3 is 6.61 Å². The quantitative estimate of drug-likeness (QED) is 0.139. The fourth-order valence-electron chi connectivity index (χ4n) is 3.95. The van der Waals surface area contributed by atoms with Crippen molar-refractivity contribution in [2.45, 2.75) is 32.3 Å². The van der Waals surface area contributed by atoms with E-state index in [0.717, 1.165) is 41.5 Å². The van der Waals surface area contributed by atoms with Crippen molar-refractivity contribution in [3.63, 3.8) is 0 Å². The Morgan fingerprint density at radius 2 is 1.50 bits per heavy atom. The van der Waals surface area contributed by atoms with Crippen LogP contribution in [0.2, 0.25) is 0 Å². The Hall–Kier alpha value is -4.04. The van der Waals surface area contributed by atoms with Crippen molar-refractivity contribution in [3.8, 4) is 17.6 Å². The molecule has 5 heteroatoms. The predicted octanol–water partition coefficient (Wildman–Crippen LogP) is 8.02. The fourth-order valence-corrected chi connectivity index (χ4v) is 3.95. The van der Waals surface area contributed by atoms with Crippen LogP contribution in [0.15, 0.2) is 85.5 Å². The normalized spacial score (nSPS) is 10.8. The van der Waals surface area contributed by atoms with Gasteiger partial charge in [-0.05, 0) is 84.2 Å². The zero-order chi connectivity index (χ0) is 25.5. The number of fused-ring (bicyclic) bond motifs is 1. The minimum absolute atomic E-state index is 0.333. The Labute approximate surface area is 208 Å². The van der Waals surface area contributed by atoms with Gasteiger partial charge in [-0.25, -0.2) is 8.78 Å². The third-order valence-electron chi connectivity index (χ3n) is 5.87. The lowest BCUT2D eigenvalue weighted by atomic mass is 9.99. The Balaban J connectivity index is 1.45. The monoisotopic (exact) mass is 488 g/mol. The van der Waals surface area contributed by atoms with Crippen LogP contribution >= 0.6 is 0 Å². The first-order chi connectivity index (χ1) is 17.4. The van der Waals surface area contributed by atoms with E-state index < -0.39 is 18.2 Å². The van der Waals surface area contributed by atoms with E-state index in [2.05, 4.69) is 35.3 Å². The molecule has 0 aliphatic rings. The number of rotatable bonds is 8. The van der Waals surface area contributed by atoms with Crippen LogP contribution in [0.25, 0.3) is 10.8 Å². The molecule has 4 aromatic carbocycles. The zero-order valence-electron chi connectivity index (χ0n) is 19.5. The second kappa shape index (κ2) is 11.6. The molecule has 0 aliphatic heterocycles. The number of benzene rings is 4. The van der Waals surface area contributed by atoms with Crippen molar-refractivity contribution in [1.82, 2.24) is 0 Å². The summed E-state index contributed by atoms with van der Waals surface area (Å²) < 4.78 is 57.8. The molecule has 0 spiro atoms. The molecule has 36 heavy (non-hydrogen) atoms. The third kappa shape index (κ3) is 6.34. The van der Waals surface area contributed by atoms with Gasteiger partial charge < -0.3 is 4.74 Å². The molecule has 4 rings (SSSR count). The number of alkyl halides is 2. The molecular weight excluding hydrogens is 464 g/mol. The molecule has 0 atom stereocenters. The van der Waals surface area contributed by atoms with Gasteiger partial charge in [0, 0.05) is 16.5 Å². The van der Waals surface area contributed by atoms with Crippen LogP contribution in [0.4, 0.5) is 17.6 Å². The molecule has 0 saturated carbocycles. The molecular formula is C31H24F4O. The SMILES string of the molecule is C=CCCc1ccc(C#Cc2ccc3c(F)c(CCc4ccc(OC(F)F)c(F)c4)ccc3c2)cc1. The number of halogens is 4. The molecule has 0 amide bonds. The molecule has 0 fully saturated rings. The van der Waals surface area contributed by atoms with E-state index in [1.807, 2.05) is 30.3 Å². The van der Waals surface area contributed by atoms with Crippen LogP contribution in [-0.4, -0.2) is 6.61 Å². The Bertz CT molecular complexity index is 1430. The second-order valence-electron chi connectivity index (χ2n) is 8.39. The van der Waals surface area contributed by atoms with Crippen molar-refractivity contribution in [2.75, 3.05) is 0 Å². The standard InChI is InChI=1S/C31H24F4O/c1-2-3-4-21-5-7-22(8-6-21)9-10-23-12-17-27-26(19-23)16-15-25(30(27)33)14-11-24-13-18-29(28(32)20-24)36-31(34)35/h2,5-8,12-13,15-20,31H,1,3-4,11,14H2. The van der Waals surface area contributed by atoms with Crippen molar-refractivity contribution in [3.05, 3.63) is 125 Å². The van der Waals surface area contributed by atoms with E-state index in [0.29, 0.717) is 29.4 Å². The van der Waals surface area contributed by atoms with Crippen molar-refractivity contribution >= 4 is 10.8 Å². The van der Waals surface area contributed by atoms with Gasteiger partial charge in [-0.15, -0.1) is 6.58 Å². The van der Waals surface area contributed by atoms with E-state index >= 15 is 4.39 Å². The molecule has 0 aromatic heterocycles. The van der Waals surface area contributed by atoms with Gasteiger partial charge in [-0.2, -0.15) is 8.78 Å². The second-order valence-corrected chi connectivity index (χ2v) is 8.39. The van der Waals surface area contributed by atoms with Crippen molar-refractivity contribution < 1.29 is 22.3 Å². The van der Waals surface area contributed by atoms with Crippen LogP contribution in [0, 0.1) is 23.5 Å². The molecule has 0 radical (unpaired) electrons. The Morgan fingerprint density at radius 1 is 0.778 bits per heavy atom. The van der Waals surface area contributed by atoms with Crippen LogP contribution in [0.3, 0.4) is 0 Å². The first kappa shape index (κ1) is 25.1. The van der Waals surface area contributed by atoms with E-state index in [4.69, 9.17) is 0 Å². The first-order valence-electron chi connectivity index (χ1n) is 11.6. The lowest BCUT2D eigenvalue weighted by Crippen LogP contribution is -2.04. The predicted molar refractivity (Wildman–Crippen MR) is 135 cm³/mol. The molecule has 1 nitrogen and oxygen atoms in total. The van der Waals surface area contributed by atoms with Gasteiger partial charge in [0.25, 0.3) is 0 Å². The van der Waals surface area contributed by atoms with E-state index in [9.17, 15) is 13.2 Å². The number of ether oxygens (including phenoxy) is 1. The highest BCUT2D eigenvalue weighted by Crippen LogP contribution is 2.25. The fraction of sp³-hybridized carbons (Fsp3) is 0.161. The maximum Gasteiger partial charge on any atom is 0.387 e. The summed E-state index contributed by atoms with van der Waals surface area (Å²) in [5.41, 5.74) is 3.98. The highest BCUT2D eigenvalue weighted by atomic mass is 19.3. The zero-order valence-corrected chi connectivity index (χ0v) is 19.5. The number of allylic oxidation sites excluding steroid dienone is 1. The Morgan fingerprint density at radius 3 is 2.22 bits per heavy atom. The maximum absolute atomic E-state index is 15.1. The highest BCUT2D eigenvalue weighted by molar-refractivity contribution is 5.85. The lowest BCUT2D eigenvalue weighted by molar-refractivity contribution is -0.0522. The van der Waals surface area contributed by atoms with Gasteiger partial charge in [0.2, 0.25) is 0 Å². The molecule has 0 N–H and O–H groups in total. The molecule has 0 heterocycles. The Kier molecular flexibility index (Phi) is 8.07. The molecule has 4 aromatic rings. The smallest absolute Gasteiger partial charge is 0.387 e. The number of aryl methyl sites for hydroxylation is 3. The maximum atomic E-state index is 15.1. The summed E-state index contributed by atoms with van der Waals surface area (Å²) in [4.78, 5) is 0. The summed E-state index contributed by atoms with van der Waals surface area (Å²) in [5, 5.41) is 1.22. The van der Waals surface area contributed by atoms with Crippen molar-refractivity contribution in [1.29, 1.82) is 0 Å². The van der Waals surface area contributed by atoms with Gasteiger partial charge in [0.05, 0.1) is 0 Å². The number of hydrogen-bond donors (Lipinski definition) is 0. The summed E-state index contributed by atoms with van der Waals surface area (Å²) in [7, 11) is 0. The lowest BCUT2D eigenvalue weighted by Gasteiger charge is -2.09. The molecule has 0 aliphatic carbocycles. The minimum Gasteiger partial charge on any atom is -0.432 e. The van der Waals surface area contributed by atoms with Crippen molar-refractivity contribution in [2.24, 2.45) is 0 Å². The molecule has 182 valence electrons. The average molecular weight is 489 g/mol. The summed E-state index contributed by atoms with van der Waals surface area (Å²) >= 11 is 0. The summed E-state index contributed by atoms with van der Waals surface area (Å²) in [6.45, 7) is 0.646. The van der Waals surface area contributed by atoms with E-state index in [-0.39, 0.29) is 5.82 Å². The average Bonchev–Trinajstić information content (AvgIpc) is 2.87. The third-order valence-corrected chi connectivity index (χ3v) is 5.87. The van der Waals surface area contributed by atoms with Crippen LogP contribution in [0.1, 0.15) is 34.2 Å². The van der Waals surface area contributed by atoms with Gasteiger partial charge in [0.15, 0.2) is 11.6 Å². The van der Waals surface area contributed by atoms with Crippen LogP contribution < -0.4 is 4.74 Å². The van der Waals surface area contributed by atoms with Gasteiger partial charge in [-0.1, -0.05) is 54.3 Å². The van der Waals surface area contributed by atoms with Gasteiger partial charge in [-0.3, -0.25) is 0 Å². The van der Waals surface area contributed by atoms with E-state index in [1.54, 1.807) is 18.2 Å². The molecule has 0 saturated heterocycles. The van der Waals surface area contributed by atoms with Gasteiger partial charge in [0.1, 0.15) is 5.82 Å². The first-order valence-corrected chi connectivity index (χ1v) is 11.6. The molecule has 0 bridgehead atoms. The number of hydrogen-bond acceptors (Lipinski definition) is 1. The van der Waals surface area contributed by atoms with E-state index in [1.165, 1.54) is 11.6 Å².